The number of amides is 2. The predicted octanol–water partition coefficient (Wildman–Crippen LogP) is 1.95. The Kier molecular flexibility index (Phi) is 8.92. The van der Waals surface area contributed by atoms with E-state index in [4.69, 9.17) is 0 Å². The minimum absolute atomic E-state index is 0. The summed E-state index contributed by atoms with van der Waals surface area (Å²) in [4.78, 5) is 25.9. The van der Waals surface area contributed by atoms with Gasteiger partial charge in [-0.1, -0.05) is 13.8 Å². The van der Waals surface area contributed by atoms with Crippen LogP contribution in [0.3, 0.4) is 0 Å². The molecule has 2 heterocycles. The molecular weight excluding hydrogens is 314 g/mol. The highest BCUT2D eigenvalue weighted by atomic mass is 35.5. The summed E-state index contributed by atoms with van der Waals surface area (Å²) in [5.41, 5.74) is 0. The fourth-order valence-corrected chi connectivity index (χ4v) is 3.41. The smallest absolute Gasteiger partial charge is 0.225 e. The first-order valence-electron chi connectivity index (χ1n) is 8.85. The second-order valence-electron chi connectivity index (χ2n) is 7.05. The molecule has 2 N–H and O–H groups in total. The Hall–Kier alpha value is -0.810. The van der Waals surface area contributed by atoms with Crippen molar-refractivity contribution in [3.63, 3.8) is 0 Å². The van der Waals surface area contributed by atoms with Crippen molar-refractivity contribution < 1.29 is 9.59 Å². The largest absolute Gasteiger partial charge is 0.353 e. The number of halogens is 1. The van der Waals surface area contributed by atoms with Crippen LogP contribution in [0.2, 0.25) is 0 Å². The van der Waals surface area contributed by atoms with Crippen molar-refractivity contribution in [2.45, 2.75) is 58.4 Å². The van der Waals surface area contributed by atoms with Crippen LogP contribution in [0.15, 0.2) is 0 Å². The number of hydrogen-bond acceptors (Lipinski definition) is 3. The molecule has 0 atom stereocenters. The molecule has 134 valence electrons. The number of carbonyl (C=O) groups is 2. The Bertz CT molecular complexity index is 376. The third kappa shape index (κ3) is 6.68. The summed E-state index contributed by atoms with van der Waals surface area (Å²) in [6.07, 6.45) is 5.83. The van der Waals surface area contributed by atoms with E-state index in [9.17, 15) is 9.59 Å². The molecule has 0 aliphatic carbocycles. The lowest BCUT2D eigenvalue weighted by molar-refractivity contribution is -0.135. The van der Waals surface area contributed by atoms with Crippen LogP contribution in [-0.2, 0) is 9.59 Å². The molecule has 2 aliphatic heterocycles. The van der Waals surface area contributed by atoms with Gasteiger partial charge in [-0.2, -0.15) is 0 Å². The van der Waals surface area contributed by atoms with Gasteiger partial charge in [0.15, 0.2) is 0 Å². The molecule has 0 unspecified atom stereocenters. The SMILES string of the molecule is CC(C)C(=O)N1CCC(NC(=O)CCC2CCNCC2)CC1.Cl. The summed E-state index contributed by atoms with van der Waals surface area (Å²) in [6, 6.07) is 0.247. The lowest BCUT2D eigenvalue weighted by atomic mass is 9.93. The van der Waals surface area contributed by atoms with Crippen LogP contribution in [0.25, 0.3) is 0 Å². The van der Waals surface area contributed by atoms with Gasteiger partial charge in [0.05, 0.1) is 0 Å². The van der Waals surface area contributed by atoms with Crippen LogP contribution in [0.4, 0.5) is 0 Å². The van der Waals surface area contributed by atoms with E-state index in [1.54, 1.807) is 0 Å². The van der Waals surface area contributed by atoms with Crippen LogP contribution in [0.1, 0.15) is 52.4 Å². The maximum atomic E-state index is 12.1. The van der Waals surface area contributed by atoms with Gasteiger partial charge < -0.3 is 15.5 Å². The van der Waals surface area contributed by atoms with Crippen molar-refractivity contribution in [2.24, 2.45) is 11.8 Å². The molecule has 2 saturated heterocycles. The average Bonchev–Trinajstić information content (AvgIpc) is 2.54. The second kappa shape index (κ2) is 10.1. The van der Waals surface area contributed by atoms with Crippen molar-refractivity contribution in [1.82, 2.24) is 15.5 Å². The molecule has 2 rings (SSSR count). The number of nitrogens with zero attached hydrogens (tertiary/aromatic N) is 1. The molecule has 5 nitrogen and oxygen atoms in total. The van der Waals surface area contributed by atoms with Crippen molar-refractivity contribution in [2.75, 3.05) is 26.2 Å². The van der Waals surface area contributed by atoms with E-state index < -0.39 is 0 Å². The summed E-state index contributed by atoms with van der Waals surface area (Å²) in [6.45, 7) is 7.61. The number of nitrogens with one attached hydrogen (secondary N) is 2. The third-order valence-corrected chi connectivity index (χ3v) is 4.90. The standard InChI is InChI=1S/C17H31N3O2.ClH/c1-13(2)17(22)20-11-7-15(8-12-20)19-16(21)4-3-14-5-9-18-10-6-14;/h13-15,18H,3-12H2,1-2H3,(H,19,21);1H. The summed E-state index contributed by atoms with van der Waals surface area (Å²) >= 11 is 0. The van der Waals surface area contributed by atoms with Gasteiger partial charge in [-0.25, -0.2) is 0 Å². The molecule has 2 aliphatic rings. The lowest BCUT2D eigenvalue weighted by Crippen LogP contribution is -2.47. The maximum Gasteiger partial charge on any atom is 0.225 e. The Morgan fingerprint density at radius 3 is 2.30 bits per heavy atom. The van der Waals surface area contributed by atoms with Gasteiger partial charge in [0.1, 0.15) is 0 Å². The molecule has 2 fully saturated rings. The Labute approximate surface area is 146 Å². The molecule has 0 radical (unpaired) electrons. The molecule has 2 amide bonds. The molecule has 6 heteroatoms. The fourth-order valence-electron chi connectivity index (χ4n) is 3.41. The van der Waals surface area contributed by atoms with Crippen molar-refractivity contribution in [3.8, 4) is 0 Å². The van der Waals surface area contributed by atoms with Gasteiger partial charge in [0.2, 0.25) is 11.8 Å². The zero-order valence-electron chi connectivity index (χ0n) is 14.5. The summed E-state index contributed by atoms with van der Waals surface area (Å²) < 4.78 is 0. The van der Waals surface area contributed by atoms with Crippen LogP contribution >= 0.6 is 12.4 Å². The van der Waals surface area contributed by atoms with Crippen molar-refractivity contribution >= 4 is 24.2 Å². The van der Waals surface area contributed by atoms with E-state index in [0.29, 0.717) is 12.3 Å². The van der Waals surface area contributed by atoms with Crippen LogP contribution in [-0.4, -0.2) is 48.9 Å². The number of rotatable bonds is 5. The molecule has 0 aromatic carbocycles. The van der Waals surface area contributed by atoms with E-state index >= 15 is 0 Å². The first kappa shape index (κ1) is 20.2. The zero-order chi connectivity index (χ0) is 15.9. The topological polar surface area (TPSA) is 61.4 Å². The van der Waals surface area contributed by atoms with Gasteiger partial charge in [-0.3, -0.25) is 9.59 Å². The van der Waals surface area contributed by atoms with Crippen molar-refractivity contribution in [1.29, 1.82) is 0 Å². The first-order chi connectivity index (χ1) is 10.6. The molecule has 0 bridgehead atoms. The van der Waals surface area contributed by atoms with Gasteiger partial charge in [0, 0.05) is 31.5 Å². The molecule has 0 saturated carbocycles. The molecule has 23 heavy (non-hydrogen) atoms. The average molecular weight is 346 g/mol. The van der Waals surface area contributed by atoms with Crippen LogP contribution in [0.5, 0.6) is 0 Å². The van der Waals surface area contributed by atoms with Gasteiger partial charge >= 0.3 is 0 Å². The summed E-state index contributed by atoms with van der Waals surface area (Å²) in [5.74, 6) is 1.19. The van der Waals surface area contributed by atoms with Gasteiger partial charge in [-0.05, 0) is 51.1 Å². The van der Waals surface area contributed by atoms with E-state index in [1.807, 2.05) is 18.7 Å². The van der Waals surface area contributed by atoms with E-state index in [-0.39, 0.29) is 36.2 Å². The maximum absolute atomic E-state index is 12.1. The molecule has 0 spiro atoms. The number of piperidine rings is 2. The van der Waals surface area contributed by atoms with Gasteiger partial charge in [-0.15, -0.1) is 12.4 Å². The van der Waals surface area contributed by atoms with Gasteiger partial charge in [0.25, 0.3) is 0 Å². The number of likely N-dealkylation sites (tertiary alicyclic amines) is 1. The highest BCUT2D eigenvalue weighted by Crippen LogP contribution is 2.18. The quantitative estimate of drug-likeness (QED) is 0.800. The van der Waals surface area contributed by atoms with Crippen LogP contribution < -0.4 is 10.6 Å². The lowest BCUT2D eigenvalue weighted by Gasteiger charge is -2.33. The normalized spacial score (nSPS) is 20.2. The second-order valence-corrected chi connectivity index (χ2v) is 7.05. The predicted molar refractivity (Wildman–Crippen MR) is 94.7 cm³/mol. The van der Waals surface area contributed by atoms with E-state index in [2.05, 4.69) is 10.6 Å². The van der Waals surface area contributed by atoms with E-state index in [0.717, 1.165) is 45.4 Å². The van der Waals surface area contributed by atoms with Crippen molar-refractivity contribution in [3.05, 3.63) is 0 Å². The third-order valence-electron chi connectivity index (χ3n) is 4.90. The molecule has 0 aromatic heterocycles. The molecular formula is C17H32ClN3O2. The zero-order valence-corrected chi connectivity index (χ0v) is 15.3. The summed E-state index contributed by atoms with van der Waals surface area (Å²) in [5, 5.41) is 6.51. The minimum atomic E-state index is 0. The highest BCUT2D eigenvalue weighted by Gasteiger charge is 2.25. The molecule has 0 aromatic rings. The van der Waals surface area contributed by atoms with Crippen LogP contribution in [0, 0.1) is 11.8 Å². The fraction of sp³-hybridized carbons (Fsp3) is 0.882. The monoisotopic (exact) mass is 345 g/mol. The summed E-state index contributed by atoms with van der Waals surface area (Å²) in [7, 11) is 0. The highest BCUT2D eigenvalue weighted by molar-refractivity contribution is 5.85. The Morgan fingerprint density at radius 2 is 1.74 bits per heavy atom. The first-order valence-corrected chi connectivity index (χ1v) is 8.85. The number of carbonyl (C=O) groups excluding carboxylic acids is 2. The Balaban J connectivity index is 0.00000264. The Morgan fingerprint density at radius 1 is 1.13 bits per heavy atom. The minimum Gasteiger partial charge on any atom is -0.353 e. The number of hydrogen-bond donors (Lipinski definition) is 2. The van der Waals surface area contributed by atoms with E-state index in [1.165, 1.54) is 12.8 Å².